The molecule has 1 saturated heterocycles. The van der Waals surface area contributed by atoms with Crippen molar-refractivity contribution in [1.82, 2.24) is 10.2 Å². The molecule has 2 heterocycles. The van der Waals surface area contributed by atoms with Crippen LogP contribution in [0.2, 0.25) is 0 Å². The molecular weight excluding hydrogens is 442 g/mol. The largest absolute Gasteiger partial charge is 0.492 e. The molecule has 35 heavy (non-hydrogen) atoms. The van der Waals surface area contributed by atoms with E-state index in [9.17, 15) is 10.1 Å². The minimum absolute atomic E-state index is 0.239. The number of carbonyl (C=O) groups excluding carboxylic acids is 1. The van der Waals surface area contributed by atoms with Gasteiger partial charge in [0, 0.05) is 36.1 Å². The van der Waals surface area contributed by atoms with Crippen molar-refractivity contribution in [2.45, 2.75) is 26.7 Å². The molecule has 0 aliphatic carbocycles. The zero-order valence-corrected chi connectivity index (χ0v) is 20.6. The molecule has 4 rings (SSSR count). The molecule has 184 valence electrons. The van der Waals surface area contributed by atoms with E-state index in [0.717, 1.165) is 48.4 Å². The lowest BCUT2D eigenvalue weighted by Crippen LogP contribution is -2.32. The molecule has 0 saturated carbocycles. The molecule has 2 aromatic rings. The summed E-state index contributed by atoms with van der Waals surface area (Å²) in [5.74, 6) is 2.45. The van der Waals surface area contributed by atoms with Gasteiger partial charge in [0.25, 0.3) is 0 Å². The van der Waals surface area contributed by atoms with Crippen LogP contribution in [0, 0.1) is 24.2 Å². The highest BCUT2D eigenvalue weighted by atomic mass is 16.5. The molecule has 2 aliphatic heterocycles. The standard InChI is InChI=1S/C27H33N5O3/c1-4-29-27(33)31-23-6-5-21(13-18(23)2)35-25-7-10-30-24-15-26(20(16-28)14-22(24)25)34-17-19-8-11-32(3)12-9-19/h5-7,13-15,19,30H,4,8-12,17H2,1-3H3,(H2,29,31,33). The van der Waals surface area contributed by atoms with Crippen LogP contribution in [-0.4, -0.2) is 50.8 Å². The number of anilines is 2. The van der Waals surface area contributed by atoms with Crippen LogP contribution in [0.1, 0.15) is 36.5 Å². The van der Waals surface area contributed by atoms with Crippen LogP contribution in [0.4, 0.5) is 16.2 Å². The van der Waals surface area contributed by atoms with Crippen LogP contribution < -0.4 is 25.4 Å². The van der Waals surface area contributed by atoms with Gasteiger partial charge in [-0.15, -0.1) is 0 Å². The lowest BCUT2D eigenvalue weighted by Gasteiger charge is -2.29. The van der Waals surface area contributed by atoms with E-state index >= 15 is 0 Å². The maximum Gasteiger partial charge on any atom is 0.319 e. The number of carbonyl (C=O) groups is 1. The van der Waals surface area contributed by atoms with Gasteiger partial charge in [-0.05, 0) is 88.6 Å². The van der Waals surface area contributed by atoms with Crippen LogP contribution in [0.5, 0.6) is 11.5 Å². The summed E-state index contributed by atoms with van der Waals surface area (Å²) in [6.45, 7) is 7.74. The molecule has 0 aromatic heterocycles. The normalized spacial score (nSPS) is 15.8. The van der Waals surface area contributed by atoms with Crippen molar-refractivity contribution in [3.63, 3.8) is 0 Å². The SMILES string of the molecule is CCNC(=O)Nc1ccc(OC2=CCNc3cc(OCC4CCN(C)CC4)c(C#N)cc32)cc1C. The average Bonchev–Trinajstić information content (AvgIpc) is 2.85. The van der Waals surface area contributed by atoms with Crippen molar-refractivity contribution in [1.29, 1.82) is 5.26 Å². The second-order valence-corrected chi connectivity index (χ2v) is 9.08. The number of benzene rings is 2. The van der Waals surface area contributed by atoms with Crippen molar-refractivity contribution in [3.05, 3.63) is 53.1 Å². The van der Waals surface area contributed by atoms with Gasteiger partial charge in [-0.2, -0.15) is 5.26 Å². The Hall–Kier alpha value is -3.70. The van der Waals surface area contributed by atoms with E-state index in [-0.39, 0.29) is 6.03 Å². The molecule has 2 aliphatic rings. The maximum absolute atomic E-state index is 11.8. The van der Waals surface area contributed by atoms with Crippen LogP contribution >= 0.6 is 0 Å². The Morgan fingerprint density at radius 3 is 2.77 bits per heavy atom. The topological polar surface area (TPSA) is 98.7 Å². The molecule has 1 fully saturated rings. The van der Waals surface area contributed by atoms with E-state index in [4.69, 9.17) is 9.47 Å². The molecule has 8 nitrogen and oxygen atoms in total. The third-order valence-corrected chi connectivity index (χ3v) is 6.41. The van der Waals surface area contributed by atoms with Crippen molar-refractivity contribution >= 4 is 23.2 Å². The molecule has 0 spiro atoms. The summed E-state index contributed by atoms with van der Waals surface area (Å²) in [6.07, 6.45) is 4.18. The van der Waals surface area contributed by atoms with E-state index in [1.807, 2.05) is 50.3 Å². The van der Waals surface area contributed by atoms with Gasteiger partial charge in [-0.25, -0.2) is 4.79 Å². The molecule has 2 amide bonds. The summed E-state index contributed by atoms with van der Waals surface area (Å²) in [5, 5.41) is 18.7. The third kappa shape index (κ3) is 6.06. The number of nitriles is 1. The minimum atomic E-state index is -0.239. The van der Waals surface area contributed by atoms with E-state index in [1.165, 1.54) is 0 Å². The van der Waals surface area contributed by atoms with E-state index in [1.54, 1.807) is 0 Å². The highest BCUT2D eigenvalue weighted by molar-refractivity contribution is 5.90. The Morgan fingerprint density at radius 1 is 1.26 bits per heavy atom. The molecular formula is C27H33N5O3. The van der Waals surface area contributed by atoms with Crippen molar-refractivity contribution < 1.29 is 14.3 Å². The Labute approximate surface area is 206 Å². The maximum atomic E-state index is 11.8. The highest BCUT2D eigenvalue weighted by Gasteiger charge is 2.21. The van der Waals surface area contributed by atoms with Gasteiger partial charge in [0.1, 0.15) is 23.3 Å². The zero-order valence-electron chi connectivity index (χ0n) is 20.6. The number of aryl methyl sites for hydroxylation is 1. The first-order valence-corrected chi connectivity index (χ1v) is 12.1. The zero-order chi connectivity index (χ0) is 24.8. The van der Waals surface area contributed by atoms with Gasteiger partial charge in [0.2, 0.25) is 0 Å². The predicted molar refractivity (Wildman–Crippen MR) is 138 cm³/mol. The first-order chi connectivity index (χ1) is 17.0. The van der Waals surface area contributed by atoms with Gasteiger partial charge in [0.05, 0.1) is 12.2 Å². The number of ether oxygens (including phenoxy) is 2. The number of hydrogen-bond donors (Lipinski definition) is 3. The number of amides is 2. The summed E-state index contributed by atoms with van der Waals surface area (Å²) in [7, 11) is 2.14. The Bertz CT molecular complexity index is 1150. The minimum Gasteiger partial charge on any atom is -0.492 e. The number of likely N-dealkylation sites (tertiary alicyclic amines) is 1. The van der Waals surface area contributed by atoms with Crippen LogP contribution in [0.3, 0.4) is 0 Å². The summed E-state index contributed by atoms with van der Waals surface area (Å²) in [4.78, 5) is 14.2. The Morgan fingerprint density at radius 2 is 2.06 bits per heavy atom. The summed E-state index contributed by atoms with van der Waals surface area (Å²) in [5.41, 5.74) is 3.81. The summed E-state index contributed by atoms with van der Waals surface area (Å²) < 4.78 is 12.3. The molecule has 2 aromatic carbocycles. The third-order valence-electron chi connectivity index (χ3n) is 6.41. The summed E-state index contributed by atoms with van der Waals surface area (Å²) >= 11 is 0. The summed E-state index contributed by atoms with van der Waals surface area (Å²) in [6, 6.07) is 11.3. The first kappa shape index (κ1) is 24.4. The van der Waals surface area contributed by atoms with Crippen LogP contribution in [0.15, 0.2) is 36.4 Å². The Balaban J connectivity index is 1.47. The lowest BCUT2D eigenvalue weighted by atomic mass is 9.98. The van der Waals surface area contributed by atoms with E-state index < -0.39 is 0 Å². The molecule has 3 N–H and O–H groups in total. The van der Waals surface area contributed by atoms with Gasteiger partial charge >= 0.3 is 6.03 Å². The molecule has 0 atom stereocenters. The molecule has 0 bridgehead atoms. The van der Waals surface area contributed by atoms with Gasteiger partial charge < -0.3 is 30.3 Å². The van der Waals surface area contributed by atoms with Gasteiger partial charge in [-0.3, -0.25) is 0 Å². The van der Waals surface area contributed by atoms with E-state index in [2.05, 4.69) is 34.0 Å². The Kier molecular flexibility index (Phi) is 7.78. The van der Waals surface area contributed by atoms with Gasteiger partial charge in [0.15, 0.2) is 0 Å². The second kappa shape index (κ2) is 11.2. The van der Waals surface area contributed by atoms with Crippen LogP contribution in [-0.2, 0) is 0 Å². The smallest absolute Gasteiger partial charge is 0.319 e. The first-order valence-electron chi connectivity index (χ1n) is 12.1. The fourth-order valence-electron chi connectivity index (χ4n) is 4.33. The number of piperidine rings is 1. The highest BCUT2D eigenvalue weighted by Crippen LogP contribution is 2.36. The molecule has 0 unspecified atom stereocenters. The monoisotopic (exact) mass is 475 g/mol. The fraction of sp³-hybridized carbons (Fsp3) is 0.407. The van der Waals surface area contributed by atoms with Crippen molar-refractivity contribution in [3.8, 4) is 17.6 Å². The van der Waals surface area contributed by atoms with Gasteiger partial charge in [-0.1, -0.05) is 0 Å². The number of nitrogens with zero attached hydrogens (tertiary/aromatic N) is 2. The molecule has 0 radical (unpaired) electrons. The predicted octanol–water partition coefficient (Wildman–Crippen LogP) is 4.57. The number of urea groups is 1. The lowest BCUT2D eigenvalue weighted by molar-refractivity contribution is 0.160. The number of nitrogens with one attached hydrogen (secondary N) is 3. The fourth-order valence-corrected chi connectivity index (χ4v) is 4.33. The molecule has 8 heteroatoms. The number of fused-ring (bicyclic) bond motifs is 1. The second-order valence-electron chi connectivity index (χ2n) is 9.08. The van der Waals surface area contributed by atoms with Crippen molar-refractivity contribution in [2.24, 2.45) is 5.92 Å². The quantitative estimate of drug-likeness (QED) is 0.542. The number of hydrogen-bond acceptors (Lipinski definition) is 6. The van der Waals surface area contributed by atoms with E-state index in [0.29, 0.717) is 48.4 Å². The van der Waals surface area contributed by atoms with Crippen molar-refractivity contribution in [2.75, 3.05) is 50.5 Å². The van der Waals surface area contributed by atoms with Crippen LogP contribution in [0.25, 0.3) is 5.76 Å². The average molecular weight is 476 g/mol. The number of rotatable bonds is 7.